The van der Waals surface area contributed by atoms with Gasteiger partial charge in [0.2, 0.25) is 11.8 Å². The molecule has 6 nitrogen and oxygen atoms in total. The van der Waals surface area contributed by atoms with Crippen molar-refractivity contribution >= 4 is 85.6 Å². The Labute approximate surface area is 185 Å². The van der Waals surface area contributed by atoms with Crippen molar-refractivity contribution in [3.63, 3.8) is 0 Å². The molecule has 0 aromatic rings. The van der Waals surface area contributed by atoms with Crippen LogP contribution in [0.4, 0.5) is 0 Å². The average molecular weight is 638 g/mol. The molecule has 2 N–H and O–H groups in total. The first-order valence-electron chi connectivity index (χ1n) is 5.32. The topological polar surface area (TPSA) is 98.3 Å². The van der Waals surface area contributed by atoms with Crippen LogP contribution < -0.4 is 45.3 Å². The van der Waals surface area contributed by atoms with E-state index in [1.807, 2.05) is 67.8 Å². The van der Waals surface area contributed by atoms with Crippen LogP contribution >= 0.6 is 67.8 Å². The van der Waals surface area contributed by atoms with E-state index in [9.17, 15) is 19.5 Å². The molecule has 1 aliphatic carbocycles. The van der Waals surface area contributed by atoms with Crippen molar-refractivity contribution in [3.05, 3.63) is 20.9 Å². The maximum absolute atomic E-state index is 11.3. The van der Waals surface area contributed by atoms with Crippen LogP contribution in [0.3, 0.4) is 0 Å². The Morgan fingerprint density at radius 3 is 2.19 bits per heavy atom. The molecule has 0 spiro atoms. The number of carbonyl (C=O) groups excluding carboxylic acids is 3. The van der Waals surface area contributed by atoms with Gasteiger partial charge in [0.1, 0.15) is 3.55 Å². The quantitative estimate of drug-likeness (QED) is 0.155. The SMILES string of the molecule is CC(=O)NC1=CC(I)(NC(C)=O)C(I)C(C(=O)[O-])=C1I.[Na+]. The normalized spacial score (nSPS) is 24.6. The van der Waals surface area contributed by atoms with E-state index in [1.54, 1.807) is 6.08 Å². The Kier molecular flexibility index (Phi) is 9.25. The minimum atomic E-state index is -1.32. The Morgan fingerprint density at radius 2 is 1.81 bits per heavy atom. The van der Waals surface area contributed by atoms with Gasteiger partial charge in [-0.25, -0.2) is 0 Å². The molecule has 2 unspecified atom stereocenters. The van der Waals surface area contributed by atoms with Gasteiger partial charge in [-0.15, -0.1) is 0 Å². The second-order valence-corrected chi connectivity index (χ2v) is 8.18. The molecule has 0 aromatic heterocycles. The van der Waals surface area contributed by atoms with Crippen molar-refractivity contribution in [1.29, 1.82) is 0 Å². The summed E-state index contributed by atoms with van der Waals surface area (Å²) < 4.78 is -1.08. The van der Waals surface area contributed by atoms with Gasteiger partial charge in [-0.1, -0.05) is 22.6 Å². The number of amides is 2. The Balaban J connectivity index is 0.00000400. The number of alkyl halides is 2. The van der Waals surface area contributed by atoms with Crippen LogP contribution in [0, 0.1) is 0 Å². The zero-order valence-corrected chi connectivity index (χ0v) is 19.9. The third-order valence-corrected chi connectivity index (χ3v) is 7.51. The number of nitrogens with one attached hydrogen (secondary N) is 2. The molecule has 0 fully saturated rings. The van der Waals surface area contributed by atoms with E-state index in [-0.39, 0.29) is 46.9 Å². The van der Waals surface area contributed by atoms with Crippen LogP contribution in [0.15, 0.2) is 20.9 Å². The van der Waals surface area contributed by atoms with Crippen LogP contribution in [-0.4, -0.2) is 25.3 Å². The van der Waals surface area contributed by atoms with E-state index in [1.165, 1.54) is 13.8 Å². The zero-order chi connectivity index (χ0) is 15.7. The second kappa shape index (κ2) is 8.80. The van der Waals surface area contributed by atoms with E-state index in [4.69, 9.17) is 0 Å². The number of rotatable bonds is 3. The first-order valence-corrected chi connectivity index (χ1v) is 8.72. The monoisotopic (exact) mass is 638 g/mol. The summed E-state index contributed by atoms with van der Waals surface area (Å²) in [5.74, 6) is -1.94. The average Bonchev–Trinajstić information content (AvgIpc) is 2.24. The Morgan fingerprint density at radius 1 is 1.29 bits per heavy atom. The van der Waals surface area contributed by atoms with Gasteiger partial charge in [0.05, 0.1) is 15.6 Å². The summed E-state index contributed by atoms with van der Waals surface area (Å²) in [6.45, 7) is 2.67. The van der Waals surface area contributed by atoms with Crippen molar-refractivity contribution in [2.75, 3.05) is 0 Å². The van der Waals surface area contributed by atoms with Crippen LogP contribution in [0.5, 0.6) is 0 Å². The molecule has 110 valence electrons. The fraction of sp³-hybridized carbons (Fsp3) is 0.364. The van der Waals surface area contributed by atoms with Gasteiger partial charge < -0.3 is 20.5 Å². The summed E-state index contributed by atoms with van der Waals surface area (Å²) >= 11 is 5.75. The molecule has 21 heavy (non-hydrogen) atoms. The largest absolute Gasteiger partial charge is 1.00 e. The van der Waals surface area contributed by atoms with Crippen LogP contribution in [-0.2, 0) is 14.4 Å². The van der Waals surface area contributed by atoms with Gasteiger partial charge in [0.15, 0.2) is 0 Å². The third kappa shape index (κ3) is 5.58. The minimum absolute atomic E-state index is 0. The summed E-state index contributed by atoms with van der Waals surface area (Å²) in [7, 11) is 0. The fourth-order valence-corrected chi connectivity index (χ4v) is 4.98. The smallest absolute Gasteiger partial charge is 0.545 e. The molecule has 0 aromatic carbocycles. The first kappa shape index (κ1) is 22.1. The third-order valence-electron chi connectivity index (χ3n) is 2.35. The molecule has 2 amide bonds. The summed E-state index contributed by atoms with van der Waals surface area (Å²) in [6, 6.07) is 0. The van der Waals surface area contributed by atoms with Gasteiger partial charge in [0.25, 0.3) is 0 Å². The summed E-state index contributed by atoms with van der Waals surface area (Å²) in [5.41, 5.74) is 0.397. The van der Waals surface area contributed by atoms with Gasteiger partial charge >= 0.3 is 29.6 Å². The molecule has 0 bridgehead atoms. The standard InChI is InChI=1S/C11H11I3N2O4.Na/c1-4(17)15-6-3-11(14,16-5(2)18)9(13)7(8(6)12)10(19)20;/h3,9H,1-2H3,(H,15,17)(H,16,18)(H,19,20);/q;+1/p-1. The maximum Gasteiger partial charge on any atom is 1.00 e. The van der Waals surface area contributed by atoms with Crippen molar-refractivity contribution in [1.82, 2.24) is 10.6 Å². The van der Waals surface area contributed by atoms with E-state index in [2.05, 4.69) is 10.6 Å². The number of carbonyl (C=O) groups is 3. The van der Waals surface area contributed by atoms with Crippen LogP contribution in [0.1, 0.15) is 13.8 Å². The predicted molar refractivity (Wildman–Crippen MR) is 96.3 cm³/mol. The molecule has 0 radical (unpaired) electrons. The maximum atomic E-state index is 11.3. The van der Waals surface area contributed by atoms with E-state index < -0.39 is 13.4 Å². The minimum Gasteiger partial charge on any atom is -0.545 e. The van der Waals surface area contributed by atoms with E-state index >= 15 is 0 Å². The second-order valence-electron chi connectivity index (χ2n) is 4.07. The Bertz CT molecular complexity index is 550. The molecule has 0 heterocycles. The Hall–Kier alpha value is 1.08. The predicted octanol–water partition coefficient (Wildman–Crippen LogP) is -2.47. The number of aliphatic carboxylic acids is 1. The van der Waals surface area contributed by atoms with Crippen molar-refractivity contribution in [2.24, 2.45) is 0 Å². The number of halogens is 3. The molecule has 1 aliphatic rings. The molecule has 10 heteroatoms. The number of allylic oxidation sites excluding steroid dienone is 1. The molecular formula is C11H10I3N2NaO4. The number of carboxylic acid groups (broad SMARTS) is 1. The molecular weight excluding hydrogens is 628 g/mol. The molecule has 0 saturated carbocycles. The van der Waals surface area contributed by atoms with Crippen molar-refractivity contribution in [3.8, 4) is 0 Å². The number of hydrogen-bond donors (Lipinski definition) is 2. The van der Waals surface area contributed by atoms with Crippen LogP contribution in [0.2, 0.25) is 0 Å². The van der Waals surface area contributed by atoms with E-state index in [0.717, 1.165) is 0 Å². The van der Waals surface area contributed by atoms with Crippen LogP contribution in [0.25, 0.3) is 0 Å². The van der Waals surface area contributed by atoms with Gasteiger partial charge in [-0.3, -0.25) is 9.59 Å². The first-order chi connectivity index (χ1) is 9.08. The molecule has 0 aliphatic heterocycles. The molecule has 0 saturated heterocycles. The van der Waals surface area contributed by atoms with Crippen molar-refractivity contribution < 1.29 is 49.0 Å². The fourth-order valence-electron chi connectivity index (χ4n) is 1.66. The summed E-state index contributed by atoms with van der Waals surface area (Å²) in [6.07, 6.45) is 1.64. The number of carboxylic acids is 1. The zero-order valence-electron chi connectivity index (χ0n) is 11.4. The molecule has 2 atom stereocenters. The summed E-state index contributed by atoms with van der Waals surface area (Å²) in [4.78, 5) is 33.9. The molecule has 1 rings (SSSR count). The van der Waals surface area contributed by atoms with Crippen molar-refractivity contribution in [2.45, 2.75) is 21.3 Å². The van der Waals surface area contributed by atoms with Gasteiger partial charge in [-0.2, -0.15) is 0 Å². The van der Waals surface area contributed by atoms with E-state index in [0.29, 0.717) is 9.28 Å². The van der Waals surface area contributed by atoms with Gasteiger partial charge in [0, 0.05) is 23.0 Å². The number of hydrogen-bond acceptors (Lipinski definition) is 4. The van der Waals surface area contributed by atoms with Gasteiger partial charge in [-0.05, 0) is 51.3 Å². The summed E-state index contributed by atoms with van der Waals surface area (Å²) in [5, 5.41) is 16.6.